The van der Waals surface area contributed by atoms with Gasteiger partial charge in [0.05, 0.1) is 11.1 Å². The van der Waals surface area contributed by atoms with E-state index in [4.69, 9.17) is 16.9 Å². The Kier molecular flexibility index (Phi) is 5.98. The number of amides is 1. The van der Waals surface area contributed by atoms with Crippen LogP contribution in [-0.4, -0.2) is 17.0 Å². The molecule has 0 unspecified atom stereocenters. The van der Waals surface area contributed by atoms with Crippen LogP contribution in [0.2, 0.25) is 5.02 Å². The summed E-state index contributed by atoms with van der Waals surface area (Å²) in [5, 5.41) is 24.2. The molecule has 0 fully saturated rings. The predicted octanol–water partition coefficient (Wildman–Crippen LogP) is 3.31. The van der Waals surface area contributed by atoms with Crippen molar-refractivity contribution >= 4 is 35.5 Å². The van der Waals surface area contributed by atoms with Crippen LogP contribution < -0.4 is 5.43 Å². The molecule has 0 spiro atoms. The van der Waals surface area contributed by atoms with E-state index in [-0.39, 0.29) is 11.3 Å². The molecule has 0 saturated carbocycles. The summed E-state index contributed by atoms with van der Waals surface area (Å²) in [5.41, 5.74) is 2.94. The van der Waals surface area contributed by atoms with Crippen LogP contribution in [0.15, 0.2) is 59.2 Å². The maximum atomic E-state index is 12.0. The number of benzene rings is 2. The number of nitriles is 1. The number of nitro groups is 1. The minimum absolute atomic E-state index is 0.132. The van der Waals surface area contributed by atoms with Crippen molar-refractivity contribution in [1.29, 1.82) is 5.26 Å². The number of hydrazone groups is 1. The molecule has 1 N–H and O–H groups in total. The number of halogens is 1. The fourth-order valence-corrected chi connectivity index (χ4v) is 1.94. The highest BCUT2D eigenvalue weighted by Crippen LogP contribution is 2.15. The van der Waals surface area contributed by atoms with Gasteiger partial charge < -0.3 is 0 Å². The van der Waals surface area contributed by atoms with Crippen molar-refractivity contribution in [3.63, 3.8) is 0 Å². The minimum atomic E-state index is -0.723. The molecule has 0 atom stereocenters. The van der Waals surface area contributed by atoms with Gasteiger partial charge in [0.25, 0.3) is 11.6 Å². The number of carbonyl (C=O) groups is 1. The lowest BCUT2D eigenvalue weighted by Crippen LogP contribution is -2.19. The molecule has 0 aromatic heterocycles. The maximum absolute atomic E-state index is 12.0. The summed E-state index contributed by atoms with van der Waals surface area (Å²) < 4.78 is 0. The molecule has 0 bridgehead atoms. The van der Waals surface area contributed by atoms with E-state index in [1.165, 1.54) is 30.5 Å². The molecule has 0 aliphatic rings. The van der Waals surface area contributed by atoms with Crippen LogP contribution in [-0.2, 0) is 4.79 Å². The van der Waals surface area contributed by atoms with Crippen LogP contribution in [0.4, 0.5) is 5.69 Å². The van der Waals surface area contributed by atoms with Crippen molar-refractivity contribution in [2.24, 2.45) is 5.10 Å². The molecule has 2 aromatic rings. The number of nitrogens with one attached hydrogen (secondary N) is 1. The first-order valence-corrected chi connectivity index (χ1v) is 7.32. The van der Waals surface area contributed by atoms with E-state index in [9.17, 15) is 14.9 Å². The Balaban J connectivity index is 2.10. The zero-order valence-corrected chi connectivity index (χ0v) is 13.5. The highest BCUT2D eigenvalue weighted by atomic mass is 35.5. The standard InChI is InChI=1S/C17H11ClN4O3/c18-15-6-4-12(5-7-15)11-20-21-17(23)14(10-19)8-13-2-1-3-16(9-13)22(24)25/h1-9,11H,(H,21,23)/b14-8+,20-11+. The lowest BCUT2D eigenvalue weighted by atomic mass is 10.1. The van der Waals surface area contributed by atoms with Crippen molar-refractivity contribution < 1.29 is 9.72 Å². The summed E-state index contributed by atoms with van der Waals surface area (Å²) in [4.78, 5) is 22.2. The second-order valence-corrected chi connectivity index (χ2v) is 5.21. The number of hydrogen-bond donors (Lipinski definition) is 1. The third-order valence-electron chi connectivity index (χ3n) is 3.01. The molecular weight excluding hydrogens is 344 g/mol. The smallest absolute Gasteiger partial charge is 0.267 e. The van der Waals surface area contributed by atoms with Crippen molar-refractivity contribution in [1.82, 2.24) is 5.43 Å². The molecular formula is C17H11ClN4O3. The van der Waals surface area contributed by atoms with E-state index < -0.39 is 10.8 Å². The third-order valence-corrected chi connectivity index (χ3v) is 3.26. The number of nitrogens with zero attached hydrogens (tertiary/aromatic N) is 3. The fraction of sp³-hybridized carbons (Fsp3) is 0. The van der Waals surface area contributed by atoms with Gasteiger partial charge in [-0.15, -0.1) is 0 Å². The van der Waals surface area contributed by atoms with Gasteiger partial charge in [0.2, 0.25) is 0 Å². The SMILES string of the molecule is N#C/C(=C\c1cccc([N+](=O)[O-])c1)C(=O)N/N=C/c1ccc(Cl)cc1. The molecule has 0 saturated heterocycles. The number of rotatable bonds is 5. The van der Waals surface area contributed by atoms with Crippen LogP contribution >= 0.6 is 11.6 Å². The quantitative estimate of drug-likeness (QED) is 0.292. The molecule has 1 amide bonds. The molecule has 2 aromatic carbocycles. The highest BCUT2D eigenvalue weighted by molar-refractivity contribution is 6.30. The maximum Gasteiger partial charge on any atom is 0.282 e. The number of carbonyl (C=O) groups excluding carboxylic acids is 1. The van der Waals surface area contributed by atoms with E-state index in [0.29, 0.717) is 16.1 Å². The van der Waals surface area contributed by atoms with Gasteiger partial charge >= 0.3 is 0 Å². The zero-order chi connectivity index (χ0) is 18.2. The van der Waals surface area contributed by atoms with Gasteiger partial charge in [-0.2, -0.15) is 10.4 Å². The largest absolute Gasteiger partial charge is 0.282 e. The van der Waals surface area contributed by atoms with Crippen molar-refractivity contribution in [3.05, 3.63) is 80.4 Å². The van der Waals surface area contributed by atoms with Crippen molar-refractivity contribution in [2.75, 3.05) is 0 Å². The topological polar surface area (TPSA) is 108 Å². The van der Waals surface area contributed by atoms with Crippen LogP contribution in [0.1, 0.15) is 11.1 Å². The average molecular weight is 355 g/mol. The van der Waals surface area contributed by atoms with Crippen LogP contribution in [0.25, 0.3) is 6.08 Å². The van der Waals surface area contributed by atoms with Gasteiger partial charge in [0.15, 0.2) is 0 Å². The Morgan fingerprint density at radius 1 is 1.24 bits per heavy atom. The summed E-state index contributed by atoms with van der Waals surface area (Å²) in [6.07, 6.45) is 2.65. The van der Waals surface area contributed by atoms with Gasteiger partial charge in [-0.05, 0) is 29.3 Å². The Morgan fingerprint density at radius 2 is 1.96 bits per heavy atom. The van der Waals surface area contributed by atoms with Crippen LogP contribution in [0, 0.1) is 21.4 Å². The summed E-state index contributed by atoms with van der Waals surface area (Å²) in [7, 11) is 0. The second kappa shape index (κ2) is 8.38. The molecule has 0 heterocycles. The lowest BCUT2D eigenvalue weighted by Gasteiger charge is -1.99. The van der Waals surface area contributed by atoms with E-state index in [2.05, 4.69) is 10.5 Å². The summed E-state index contributed by atoms with van der Waals surface area (Å²) in [5.74, 6) is -0.723. The summed E-state index contributed by atoms with van der Waals surface area (Å²) in [6.45, 7) is 0. The van der Waals surface area contributed by atoms with Gasteiger partial charge in [0, 0.05) is 17.2 Å². The fourth-order valence-electron chi connectivity index (χ4n) is 1.82. The molecule has 25 heavy (non-hydrogen) atoms. The normalized spacial score (nSPS) is 11.1. The van der Waals surface area contributed by atoms with Crippen LogP contribution in [0.5, 0.6) is 0 Å². The molecule has 0 aliphatic carbocycles. The summed E-state index contributed by atoms with van der Waals surface area (Å²) >= 11 is 5.76. The van der Waals surface area contributed by atoms with E-state index in [1.54, 1.807) is 36.4 Å². The van der Waals surface area contributed by atoms with E-state index in [1.807, 2.05) is 0 Å². The second-order valence-electron chi connectivity index (χ2n) is 4.77. The monoisotopic (exact) mass is 354 g/mol. The van der Waals surface area contributed by atoms with Gasteiger partial charge in [-0.25, -0.2) is 5.43 Å². The van der Waals surface area contributed by atoms with Gasteiger partial charge in [0.1, 0.15) is 11.6 Å². The third kappa shape index (κ3) is 5.27. The summed E-state index contributed by atoms with van der Waals surface area (Å²) in [6, 6.07) is 14.1. The van der Waals surface area contributed by atoms with Crippen LogP contribution in [0.3, 0.4) is 0 Å². The molecule has 0 aliphatic heterocycles. The van der Waals surface area contributed by atoms with Crippen molar-refractivity contribution in [3.8, 4) is 6.07 Å². The van der Waals surface area contributed by atoms with E-state index >= 15 is 0 Å². The number of nitro benzene ring substituents is 1. The number of non-ortho nitro benzene ring substituents is 1. The Bertz CT molecular complexity index is 899. The highest BCUT2D eigenvalue weighted by Gasteiger charge is 2.10. The Morgan fingerprint density at radius 3 is 2.60 bits per heavy atom. The minimum Gasteiger partial charge on any atom is -0.267 e. The lowest BCUT2D eigenvalue weighted by molar-refractivity contribution is -0.384. The van der Waals surface area contributed by atoms with Crippen molar-refractivity contribution in [2.45, 2.75) is 0 Å². The molecule has 7 nitrogen and oxygen atoms in total. The Labute approximate surface area is 148 Å². The van der Waals surface area contributed by atoms with Gasteiger partial charge in [-0.3, -0.25) is 14.9 Å². The molecule has 2 rings (SSSR count). The first-order valence-electron chi connectivity index (χ1n) is 6.95. The zero-order valence-electron chi connectivity index (χ0n) is 12.7. The molecule has 8 heteroatoms. The predicted molar refractivity (Wildman–Crippen MR) is 93.9 cm³/mol. The molecule has 0 radical (unpaired) electrons. The average Bonchev–Trinajstić information content (AvgIpc) is 2.61. The first kappa shape index (κ1) is 17.8. The van der Waals surface area contributed by atoms with E-state index in [0.717, 1.165) is 0 Å². The first-order chi connectivity index (χ1) is 12.0. The Hall–Kier alpha value is -3.50. The van der Waals surface area contributed by atoms with Gasteiger partial charge in [-0.1, -0.05) is 35.9 Å². The number of hydrogen-bond acceptors (Lipinski definition) is 5. The molecule has 124 valence electrons.